The lowest BCUT2D eigenvalue weighted by molar-refractivity contribution is 0.405. The van der Waals surface area contributed by atoms with Crippen molar-refractivity contribution in [2.75, 3.05) is 19.6 Å². The van der Waals surface area contributed by atoms with Gasteiger partial charge in [0, 0.05) is 25.0 Å². The largest absolute Gasteiger partial charge is 0.330 e. The third kappa shape index (κ3) is 1.75. The monoisotopic (exact) mass is 167 g/mol. The van der Waals surface area contributed by atoms with Crippen LogP contribution in [0.25, 0.3) is 0 Å². The molecule has 0 aliphatic heterocycles. The van der Waals surface area contributed by atoms with Crippen LogP contribution in [0.2, 0.25) is 0 Å². The minimum atomic E-state index is -0.0382. The summed E-state index contributed by atoms with van der Waals surface area (Å²) in [6, 6.07) is 0. The quantitative estimate of drug-likeness (QED) is 0.541. The maximum atomic E-state index is 5.67. The van der Waals surface area contributed by atoms with Gasteiger partial charge in [0.05, 0.1) is 0 Å². The van der Waals surface area contributed by atoms with Gasteiger partial charge in [-0.05, 0) is 12.0 Å². The summed E-state index contributed by atoms with van der Waals surface area (Å²) in [5, 5.41) is 0. The summed E-state index contributed by atoms with van der Waals surface area (Å²) < 4.78 is 0. The zero-order valence-electron chi connectivity index (χ0n) is 7.29. The molecule has 0 heterocycles. The molecule has 0 unspecified atom stereocenters. The van der Waals surface area contributed by atoms with Crippen molar-refractivity contribution in [2.45, 2.75) is 6.42 Å². The zero-order chi connectivity index (χ0) is 9.03. The van der Waals surface area contributed by atoms with Crippen LogP contribution in [0.15, 0.2) is 23.8 Å². The maximum Gasteiger partial charge on any atom is 0.0175 e. The third-order valence-corrected chi connectivity index (χ3v) is 2.40. The van der Waals surface area contributed by atoms with Crippen molar-refractivity contribution in [2.24, 2.45) is 22.6 Å². The molecule has 0 saturated carbocycles. The Bertz CT molecular complexity index is 202. The molecule has 3 nitrogen and oxygen atoms in total. The summed E-state index contributed by atoms with van der Waals surface area (Å²) in [4.78, 5) is 0. The molecule has 0 aromatic carbocycles. The van der Waals surface area contributed by atoms with Crippen LogP contribution in [-0.4, -0.2) is 19.6 Å². The first-order valence-corrected chi connectivity index (χ1v) is 4.25. The van der Waals surface area contributed by atoms with Crippen molar-refractivity contribution < 1.29 is 0 Å². The zero-order valence-corrected chi connectivity index (χ0v) is 7.29. The van der Waals surface area contributed by atoms with Gasteiger partial charge >= 0.3 is 0 Å². The molecule has 0 atom stereocenters. The van der Waals surface area contributed by atoms with E-state index in [1.807, 2.05) is 6.08 Å². The lowest BCUT2D eigenvalue weighted by Crippen LogP contribution is -2.37. The molecule has 0 radical (unpaired) electrons. The molecular formula is C9H17N3. The second kappa shape index (κ2) is 3.85. The Hall–Kier alpha value is -0.640. The normalized spacial score (nSPS) is 20.8. The van der Waals surface area contributed by atoms with E-state index < -0.39 is 0 Å². The van der Waals surface area contributed by atoms with Gasteiger partial charge in [-0.1, -0.05) is 18.2 Å². The number of hydrogen-bond acceptors (Lipinski definition) is 3. The fourth-order valence-electron chi connectivity index (χ4n) is 1.44. The van der Waals surface area contributed by atoms with Crippen molar-refractivity contribution in [1.82, 2.24) is 0 Å². The molecule has 0 aromatic rings. The summed E-state index contributed by atoms with van der Waals surface area (Å²) in [6.07, 6.45) is 7.20. The van der Waals surface area contributed by atoms with Crippen molar-refractivity contribution in [3.63, 3.8) is 0 Å². The van der Waals surface area contributed by atoms with E-state index in [1.165, 1.54) is 0 Å². The van der Waals surface area contributed by atoms with Crippen molar-refractivity contribution >= 4 is 0 Å². The summed E-state index contributed by atoms with van der Waals surface area (Å²) in [6.45, 7) is 1.76. The topological polar surface area (TPSA) is 78.1 Å². The summed E-state index contributed by atoms with van der Waals surface area (Å²) in [5.74, 6) is 0. The van der Waals surface area contributed by atoms with Crippen LogP contribution in [0.1, 0.15) is 6.42 Å². The van der Waals surface area contributed by atoms with E-state index in [-0.39, 0.29) is 5.41 Å². The molecule has 12 heavy (non-hydrogen) atoms. The lowest BCUT2D eigenvalue weighted by Gasteiger charge is -2.29. The summed E-state index contributed by atoms with van der Waals surface area (Å²) in [5.41, 5.74) is 18.0. The molecule has 3 heteroatoms. The Balaban J connectivity index is 2.80. The molecule has 0 aromatic heterocycles. The molecule has 0 saturated heterocycles. The Morgan fingerprint density at radius 2 is 1.92 bits per heavy atom. The number of allylic oxidation sites excluding steroid dienone is 1. The summed E-state index contributed by atoms with van der Waals surface area (Å²) in [7, 11) is 0. The molecule has 1 aliphatic carbocycles. The van der Waals surface area contributed by atoms with Crippen LogP contribution in [0.4, 0.5) is 0 Å². The van der Waals surface area contributed by atoms with E-state index in [0.717, 1.165) is 12.0 Å². The van der Waals surface area contributed by atoms with Crippen LogP contribution >= 0.6 is 0 Å². The predicted octanol–water partition coefficient (Wildman–Crippen LogP) is -0.265. The molecule has 0 fully saturated rings. The van der Waals surface area contributed by atoms with Gasteiger partial charge in [0.1, 0.15) is 0 Å². The average Bonchev–Trinajstić information content (AvgIpc) is 2.18. The van der Waals surface area contributed by atoms with Gasteiger partial charge in [-0.15, -0.1) is 0 Å². The number of nitrogens with two attached hydrogens (primary N) is 3. The van der Waals surface area contributed by atoms with Crippen molar-refractivity contribution in [3.05, 3.63) is 23.8 Å². The van der Waals surface area contributed by atoms with Crippen LogP contribution < -0.4 is 17.2 Å². The van der Waals surface area contributed by atoms with Crippen LogP contribution in [0, 0.1) is 5.41 Å². The van der Waals surface area contributed by atoms with Gasteiger partial charge < -0.3 is 17.2 Å². The van der Waals surface area contributed by atoms with E-state index >= 15 is 0 Å². The highest BCUT2D eigenvalue weighted by atomic mass is 14.7. The molecule has 1 rings (SSSR count). The maximum absolute atomic E-state index is 5.67. The molecular weight excluding hydrogens is 150 g/mol. The fraction of sp³-hybridized carbons (Fsp3) is 0.556. The Labute approximate surface area is 73.3 Å². The van der Waals surface area contributed by atoms with Crippen molar-refractivity contribution in [3.8, 4) is 0 Å². The number of hydrogen-bond donors (Lipinski definition) is 3. The van der Waals surface area contributed by atoms with E-state index in [1.54, 1.807) is 0 Å². The van der Waals surface area contributed by atoms with Gasteiger partial charge in [-0.2, -0.15) is 0 Å². The van der Waals surface area contributed by atoms with Gasteiger partial charge in [-0.3, -0.25) is 0 Å². The van der Waals surface area contributed by atoms with Gasteiger partial charge in [0.2, 0.25) is 0 Å². The van der Waals surface area contributed by atoms with E-state index in [0.29, 0.717) is 19.6 Å². The minimum Gasteiger partial charge on any atom is -0.330 e. The average molecular weight is 167 g/mol. The van der Waals surface area contributed by atoms with Gasteiger partial charge in [0.25, 0.3) is 0 Å². The first-order valence-electron chi connectivity index (χ1n) is 4.25. The van der Waals surface area contributed by atoms with Crippen molar-refractivity contribution in [1.29, 1.82) is 0 Å². The SMILES string of the molecule is NCC1=CC(CN)(CN)CC=C1. The smallest absolute Gasteiger partial charge is 0.0175 e. The highest BCUT2D eigenvalue weighted by Gasteiger charge is 2.24. The van der Waals surface area contributed by atoms with Gasteiger partial charge in [-0.25, -0.2) is 0 Å². The van der Waals surface area contributed by atoms with Crippen LogP contribution in [0.3, 0.4) is 0 Å². The molecule has 0 spiro atoms. The second-order valence-electron chi connectivity index (χ2n) is 3.30. The Morgan fingerprint density at radius 1 is 1.25 bits per heavy atom. The molecule has 6 N–H and O–H groups in total. The molecule has 0 bridgehead atoms. The number of rotatable bonds is 3. The Kier molecular flexibility index (Phi) is 3.03. The van der Waals surface area contributed by atoms with E-state index in [9.17, 15) is 0 Å². The highest BCUT2D eigenvalue weighted by Crippen LogP contribution is 2.27. The van der Waals surface area contributed by atoms with E-state index in [4.69, 9.17) is 17.2 Å². The fourth-order valence-corrected chi connectivity index (χ4v) is 1.44. The first-order chi connectivity index (χ1) is 5.76. The predicted molar refractivity (Wildman–Crippen MR) is 51.4 cm³/mol. The standard InChI is InChI=1S/C9H17N3/c10-5-8-2-1-3-9(4-8,6-11)7-12/h1-2,4H,3,5-7,10-12H2. The van der Waals surface area contributed by atoms with Crippen LogP contribution in [-0.2, 0) is 0 Å². The van der Waals surface area contributed by atoms with Crippen LogP contribution in [0.5, 0.6) is 0 Å². The minimum absolute atomic E-state index is 0.0382. The second-order valence-corrected chi connectivity index (χ2v) is 3.30. The third-order valence-electron chi connectivity index (χ3n) is 2.40. The van der Waals surface area contributed by atoms with Gasteiger partial charge in [0.15, 0.2) is 0 Å². The lowest BCUT2D eigenvalue weighted by atomic mass is 9.79. The van der Waals surface area contributed by atoms with E-state index in [2.05, 4.69) is 12.2 Å². The molecule has 1 aliphatic rings. The molecule has 68 valence electrons. The molecule has 0 amide bonds. The highest BCUT2D eigenvalue weighted by molar-refractivity contribution is 5.28. The summed E-state index contributed by atoms with van der Waals surface area (Å²) >= 11 is 0. The first kappa shape index (κ1) is 9.45. The Morgan fingerprint density at radius 3 is 2.42 bits per heavy atom.